The number of allylic oxidation sites excluding steroid dienone is 6. The van der Waals surface area contributed by atoms with Gasteiger partial charge in [0.25, 0.3) is 0 Å². The van der Waals surface area contributed by atoms with Gasteiger partial charge in [-0.2, -0.15) is 0 Å². The SMILES string of the molecule is C1=CC(C2C=C(c3ccc(-c4ccc5c(c4)c4c(n5-c5ccc(-c6cccc7c8c(n(-c9ccccc9)c67)C=CCC8)cc5)C=CCC4)cc3)C=C(c3ccccc3)N2)=CCC1. The molecule has 0 bridgehead atoms. The van der Waals surface area contributed by atoms with Crippen LogP contribution >= 0.6 is 0 Å². The minimum atomic E-state index is 0.133. The van der Waals surface area contributed by atoms with E-state index < -0.39 is 0 Å². The highest BCUT2D eigenvalue weighted by Crippen LogP contribution is 2.41. The van der Waals surface area contributed by atoms with Gasteiger partial charge in [-0.05, 0) is 149 Å². The summed E-state index contributed by atoms with van der Waals surface area (Å²) < 4.78 is 4.95. The normalized spacial score (nSPS) is 16.7. The first-order valence-corrected chi connectivity index (χ1v) is 22.3. The molecule has 0 radical (unpaired) electrons. The van der Waals surface area contributed by atoms with Crippen molar-refractivity contribution in [2.45, 2.75) is 44.6 Å². The van der Waals surface area contributed by atoms with Gasteiger partial charge in [0.15, 0.2) is 0 Å². The molecule has 8 aromatic rings. The van der Waals surface area contributed by atoms with Gasteiger partial charge < -0.3 is 14.5 Å². The minimum absolute atomic E-state index is 0.133. The summed E-state index contributed by atoms with van der Waals surface area (Å²) in [7, 11) is 0. The Morgan fingerprint density at radius 1 is 0.484 bits per heavy atom. The number of aryl methyl sites for hydroxylation is 2. The molecule has 3 heteroatoms. The molecule has 0 amide bonds. The lowest BCUT2D eigenvalue weighted by Gasteiger charge is -2.27. The highest BCUT2D eigenvalue weighted by atomic mass is 15.0. The number of nitrogens with one attached hydrogen (secondary N) is 1. The quantitative estimate of drug-likeness (QED) is 0.170. The second kappa shape index (κ2) is 15.3. The maximum Gasteiger partial charge on any atom is 0.0704 e. The van der Waals surface area contributed by atoms with Crippen molar-refractivity contribution in [2.24, 2.45) is 0 Å². The van der Waals surface area contributed by atoms with E-state index in [1.807, 2.05) is 0 Å². The predicted molar refractivity (Wildman–Crippen MR) is 261 cm³/mol. The number of nitrogens with zero attached hydrogens (tertiary/aromatic N) is 2. The fourth-order valence-electron chi connectivity index (χ4n) is 10.3. The number of hydrogen-bond donors (Lipinski definition) is 1. The van der Waals surface area contributed by atoms with E-state index >= 15 is 0 Å². The Balaban J connectivity index is 0.893. The van der Waals surface area contributed by atoms with Crippen LogP contribution in [0.15, 0.2) is 194 Å². The number of aromatic nitrogens is 2. The van der Waals surface area contributed by atoms with E-state index in [4.69, 9.17) is 0 Å². The van der Waals surface area contributed by atoms with Crippen LogP contribution < -0.4 is 5.32 Å². The fourth-order valence-corrected chi connectivity index (χ4v) is 10.3. The van der Waals surface area contributed by atoms with Gasteiger partial charge in [-0.3, -0.25) is 0 Å². The summed E-state index contributed by atoms with van der Waals surface area (Å²) in [6.45, 7) is 0. The van der Waals surface area contributed by atoms with Crippen molar-refractivity contribution in [1.29, 1.82) is 0 Å². The van der Waals surface area contributed by atoms with E-state index in [1.54, 1.807) is 0 Å². The molecule has 3 aliphatic carbocycles. The third kappa shape index (κ3) is 6.27. The lowest BCUT2D eigenvalue weighted by molar-refractivity contribution is 0.806. The molecule has 62 heavy (non-hydrogen) atoms. The monoisotopic (exact) mass is 797 g/mol. The molecule has 0 saturated heterocycles. The first kappa shape index (κ1) is 36.5. The summed E-state index contributed by atoms with van der Waals surface area (Å²) in [5.41, 5.74) is 21.6. The molecule has 1 N–H and O–H groups in total. The molecule has 1 atom stereocenters. The largest absolute Gasteiger partial charge is 0.374 e. The van der Waals surface area contributed by atoms with Gasteiger partial charge in [0.05, 0.1) is 17.1 Å². The van der Waals surface area contributed by atoms with Gasteiger partial charge in [0.2, 0.25) is 0 Å². The number of hydrogen-bond acceptors (Lipinski definition) is 1. The number of dihydropyridines is 1. The van der Waals surface area contributed by atoms with Crippen LogP contribution in [-0.4, -0.2) is 15.2 Å². The molecular weight excluding hydrogens is 751 g/mol. The average molecular weight is 798 g/mol. The van der Waals surface area contributed by atoms with Crippen LogP contribution in [0.3, 0.4) is 0 Å². The maximum atomic E-state index is 3.82. The lowest BCUT2D eigenvalue weighted by atomic mass is 9.90. The Morgan fingerprint density at radius 3 is 1.90 bits per heavy atom. The van der Waals surface area contributed by atoms with Gasteiger partial charge >= 0.3 is 0 Å². The minimum Gasteiger partial charge on any atom is -0.374 e. The van der Waals surface area contributed by atoms with Gasteiger partial charge in [0, 0.05) is 44.8 Å². The molecule has 0 fully saturated rings. The molecule has 4 aliphatic rings. The molecule has 3 heterocycles. The summed E-state index contributed by atoms with van der Waals surface area (Å²) in [6.07, 6.45) is 27.4. The number of benzene rings is 6. The van der Waals surface area contributed by atoms with Crippen molar-refractivity contribution in [3.8, 4) is 33.6 Å². The summed E-state index contributed by atoms with van der Waals surface area (Å²) in [5.74, 6) is 0. The smallest absolute Gasteiger partial charge is 0.0704 e. The van der Waals surface area contributed by atoms with Crippen molar-refractivity contribution in [2.75, 3.05) is 0 Å². The molecule has 2 aromatic heterocycles. The Kier molecular flexibility index (Phi) is 8.99. The highest BCUT2D eigenvalue weighted by Gasteiger charge is 2.24. The van der Waals surface area contributed by atoms with Crippen LogP contribution in [0.2, 0.25) is 0 Å². The van der Waals surface area contributed by atoms with Crippen LogP contribution in [0.5, 0.6) is 0 Å². The second-order valence-electron chi connectivity index (χ2n) is 17.0. The Bertz CT molecular complexity index is 3220. The summed E-state index contributed by atoms with van der Waals surface area (Å²) in [6, 6.07) is 54.0. The highest BCUT2D eigenvalue weighted by molar-refractivity contribution is 6.01. The van der Waals surface area contributed by atoms with E-state index in [0.29, 0.717) is 0 Å². The fraction of sp³-hybridized carbons (Fsp3) is 0.119. The van der Waals surface area contributed by atoms with Crippen molar-refractivity contribution < 1.29 is 0 Å². The van der Waals surface area contributed by atoms with E-state index in [1.165, 1.54) is 100 Å². The summed E-state index contributed by atoms with van der Waals surface area (Å²) >= 11 is 0. The van der Waals surface area contributed by atoms with Gasteiger partial charge in [-0.15, -0.1) is 0 Å². The Morgan fingerprint density at radius 2 is 1.15 bits per heavy atom. The third-order valence-electron chi connectivity index (χ3n) is 13.3. The Hall–Kier alpha value is -7.36. The topological polar surface area (TPSA) is 21.9 Å². The van der Waals surface area contributed by atoms with Crippen LogP contribution in [0.25, 0.3) is 78.9 Å². The van der Waals surface area contributed by atoms with Crippen LogP contribution in [0.1, 0.15) is 59.3 Å². The van der Waals surface area contributed by atoms with E-state index in [-0.39, 0.29) is 6.04 Å². The zero-order chi connectivity index (χ0) is 41.0. The average Bonchev–Trinajstić information content (AvgIpc) is 3.88. The van der Waals surface area contributed by atoms with E-state index in [0.717, 1.165) is 44.2 Å². The molecule has 3 nitrogen and oxygen atoms in total. The predicted octanol–water partition coefficient (Wildman–Crippen LogP) is 14.5. The van der Waals surface area contributed by atoms with Crippen LogP contribution in [-0.2, 0) is 12.8 Å². The van der Waals surface area contributed by atoms with Crippen LogP contribution in [0.4, 0.5) is 0 Å². The van der Waals surface area contributed by atoms with Gasteiger partial charge in [-0.1, -0.05) is 140 Å². The van der Waals surface area contributed by atoms with E-state index in [2.05, 4.69) is 215 Å². The molecule has 0 spiro atoms. The number of para-hydroxylation sites is 2. The first-order chi connectivity index (χ1) is 30.7. The molecule has 6 aromatic carbocycles. The van der Waals surface area contributed by atoms with Crippen molar-refractivity contribution in [3.05, 3.63) is 227 Å². The van der Waals surface area contributed by atoms with Crippen LogP contribution in [0, 0.1) is 0 Å². The molecule has 1 unspecified atom stereocenters. The van der Waals surface area contributed by atoms with E-state index in [9.17, 15) is 0 Å². The zero-order valence-corrected chi connectivity index (χ0v) is 34.8. The molecule has 12 rings (SSSR count). The standard InChI is InChI=1S/C59H47N3/c1-4-15-43(16-5-1)54-38-46(39-55(60-54)44-17-6-2-7-18-44)41-29-27-40(28-30-41)45-33-36-58-53(37-45)51-22-11-12-25-56(51)61(58)48-34-31-42(32-35-48)49-23-14-24-52-50-21-10-13-26-57(50)62(59(49)52)47-19-8-3-9-20-47/h1,3-6,8-9,12-20,23-39,55,60H,2,7,10-11,21-22H2. The summed E-state index contributed by atoms with van der Waals surface area (Å²) in [4.78, 5) is 0. The molecule has 0 saturated carbocycles. The third-order valence-corrected chi connectivity index (χ3v) is 13.3. The lowest BCUT2D eigenvalue weighted by Crippen LogP contribution is -2.30. The molecule has 1 aliphatic heterocycles. The van der Waals surface area contributed by atoms with Gasteiger partial charge in [0.1, 0.15) is 0 Å². The first-order valence-electron chi connectivity index (χ1n) is 22.3. The van der Waals surface area contributed by atoms with Crippen molar-refractivity contribution >= 4 is 45.2 Å². The second-order valence-corrected chi connectivity index (χ2v) is 17.0. The maximum absolute atomic E-state index is 3.82. The Labute approximate surface area is 363 Å². The molecule has 298 valence electrons. The number of fused-ring (bicyclic) bond motifs is 6. The number of rotatable bonds is 7. The zero-order valence-electron chi connectivity index (χ0n) is 34.8. The van der Waals surface area contributed by atoms with Gasteiger partial charge in [-0.25, -0.2) is 0 Å². The molecular formula is C59H47N3. The van der Waals surface area contributed by atoms with Crippen molar-refractivity contribution in [3.63, 3.8) is 0 Å². The summed E-state index contributed by atoms with van der Waals surface area (Å²) in [5, 5.41) is 6.51. The van der Waals surface area contributed by atoms with Crippen molar-refractivity contribution in [1.82, 2.24) is 14.5 Å².